The van der Waals surface area contributed by atoms with E-state index in [0.29, 0.717) is 12.3 Å². The number of hydrogen-bond donors (Lipinski definition) is 2. The number of amides is 1. The summed E-state index contributed by atoms with van der Waals surface area (Å²) in [6.45, 7) is 5.55. The van der Waals surface area contributed by atoms with E-state index in [1.807, 2.05) is 12.1 Å². The number of ether oxygens (including phenoxy) is 1. The van der Waals surface area contributed by atoms with Crippen LogP contribution in [0.5, 0.6) is 5.75 Å². The molecule has 0 atom stereocenters. The summed E-state index contributed by atoms with van der Waals surface area (Å²) >= 11 is 0. The minimum Gasteiger partial charge on any atom is -0.484 e. The van der Waals surface area contributed by atoms with E-state index in [1.54, 1.807) is 33.2 Å². The van der Waals surface area contributed by atoms with Crippen LogP contribution in [0.4, 0.5) is 0 Å². The van der Waals surface area contributed by atoms with E-state index >= 15 is 0 Å². The first-order valence-electron chi connectivity index (χ1n) is 8.08. The summed E-state index contributed by atoms with van der Waals surface area (Å²) in [6.07, 6.45) is 3.31. The predicted molar refractivity (Wildman–Crippen MR) is 98.1 cm³/mol. The van der Waals surface area contributed by atoms with Crippen molar-refractivity contribution in [1.29, 1.82) is 0 Å². The average molecular weight is 377 g/mol. The molecule has 0 saturated carbocycles. The van der Waals surface area contributed by atoms with Crippen molar-refractivity contribution in [3.8, 4) is 5.75 Å². The van der Waals surface area contributed by atoms with Crippen molar-refractivity contribution in [3.63, 3.8) is 0 Å². The molecular weight excluding hydrogens is 354 g/mol. The predicted octanol–water partition coefficient (Wildman–Crippen LogP) is 1.85. The molecule has 0 saturated heterocycles. The maximum Gasteiger partial charge on any atom is 0.258 e. The molecule has 2 aromatic rings. The second kappa shape index (κ2) is 8.29. The van der Waals surface area contributed by atoms with Crippen LogP contribution < -0.4 is 14.8 Å². The summed E-state index contributed by atoms with van der Waals surface area (Å²) in [4.78, 5) is 15.9. The SMILES string of the molecule is CC(C)(C)NS(=O)(=O)c1ccc(OCC(=O)NCc2ccncc2)cc1. The maximum atomic E-state index is 12.2. The Morgan fingerprint density at radius 3 is 2.27 bits per heavy atom. The van der Waals surface area contributed by atoms with E-state index in [4.69, 9.17) is 4.74 Å². The Morgan fingerprint density at radius 1 is 1.08 bits per heavy atom. The smallest absolute Gasteiger partial charge is 0.258 e. The summed E-state index contributed by atoms with van der Waals surface area (Å²) in [6, 6.07) is 9.55. The quantitative estimate of drug-likeness (QED) is 0.767. The largest absolute Gasteiger partial charge is 0.484 e. The standard InChI is InChI=1S/C18H23N3O4S/c1-18(2,3)21-26(23,24)16-6-4-15(5-7-16)25-13-17(22)20-12-14-8-10-19-11-9-14/h4-11,21H,12-13H2,1-3H3,(H,20,22). The first kappa shape index (κ1) is 19.9. The lowest BCUT2D eigenvalue weighted by Gasteiger charge is -2.20. The minimum atomic E-state index is -3.60. The van der Waals surface area contributed by atoms with Gasteiger partial charge in [0.1, 0.15) is 5.75 Å². The highest BCUT2D eigenvalue weighted by Crippen LogP contribution is 2.17. The molecule has 26 heavy (non-hydrogen) atoms. The lowest BCUT2D eigenvalue weighted by Crippen LogP contribution is -2.40. The Kier molecular flexibility index (Phi) is 6.33. The fourth-order valence-electron chi connectivity index (χ4n) is 2.08. The van der Waals surface area contributed by atoms with E-state index in [1.165, 1.54) is 24.3 Å². The zero-order valence-electron chi connectivity index (χ0n) is 15.0. The van der Waals surface area contributed by atoms with Crippen LogP contribution in [0.2, 0.25) is 0 Å². The number of aromatic nitrogens is 1. The normalized spacial score (nSPS) is 11.8. The summed E-state index contributed by atoms with van der Waals surface area (Å²) in [5, 5.41) is 2.73. The molecule has 0 aliphatic carbocycles. The summed E-state index contributed by atoms with van der Waals surface area (Å²) in [5.41, 5.74) is 0.371. The molecule has 0 unspecified atom stereocenters. The highest BCUT2D eigenvalue weighted by molar-refractivity contribution is 7.89. The Morgan fingerprint density at radius 2 is 1.69 bits per heavy atom. The van der Waals surface area contributed by atoms with Gasteiger partial charge in [-0.3, -0.25) is 9.78 Å². The van der Waals surface area contributed by atoms with Gasteiger partial charge in [0.15, 0.2) is 6.61 Å². The Bertz CT molecular complexity index is 829. The molecule has 0 fully saturated rings. The average Bonchev–Trinajstić information content (AvgIpc) is 2.57. The van der Waals surface area contributed by atoms with Gasteiger partial charge >= 0.3 is 0 Å². The third-order valence-corrected chi connectivity index (χ3v) is 4.96. The van der Waals surface area contributed by atoms with Crippen molar-refractivity contribution in [1.82, 2.24) is 15.0 Å². The number of nitrogens with one attached hydrogen (secondary N) is 2. The topological polar surface area (TPSA) is 97.4 Å². The van der Waals surface area contributed by atoms with Gasteiger partial charge in [0, 0.05) is 24.5 Å². The van der Waals surface area contributed by atoms with Gasteiger partial charge in [-0.15, -0.1) is 0 Å². The number of sulfonamides is 1. The molecule has 0 radical (unpaired) electrons. The van der Waals surface area contributed by atoms with Gasteiger partial charge < -0.3 is 10.1 Å². The second-order valence-corrected chi connectivity index (χ2v) is 8.43. The van der Waals surface area contributed by atoms with Crippen molar-refractivity contribution < 1.29 is 17.9 Å². The van der Waals surface area contributed by atoms with Crippen molar-refractivity contribution in [2.75, 3.05) is 6.61 Å². The van der Waals surface area contributed by atoms with Gasteiger partial charge in [-0.05, 0) is 62.7 Å². The Labute approximate surface area is 153 Å². The highest BCUT2D eigenvalue weighted by atomic mass is 32.2. The molecule has 0 aliphatic rings. The second-order valence-electron chi connectivity index (χ2n) is 6.75. The summed E-state index contributed by atoms with van der Waals surface area (Å²) in [7, 11) is -3.60. The molecule has 0 bridgehead atoms. The van der Waals surface area contributed by atoms with E-state index in [9.17, 15) is 13.2 Å². The van der Waals surface area contributed by atoms with Crippen LogP contribution in [0.3, 0.4) is 0 Å². The van der Waals surface area contributed by atoms with Gasteiger partial charge in [-0.1, -0.05) is 0 Å². The molecule has 1 aromatic carbocycles. The monoisotopic (exact) mass is 377 g/mol. The number of nitrogens with zero attached hydrogens (tertiary/aromatic N) is 1. The lowest BCUT2D eigenvalue weighted by molar-refractivity contribution is -0.123. The van der Waals surface area contributed by atoms with Crippen molar-refractivity contribution in [2.45, 2.75) is 37.8 Å². The molecule has 140 valence electrons. The summed E-state index contributed by atoms with van der Waals surface area (Å²) < 4.78 is 32.4. The van der Waals surface area contributed by atoms with Gasteiger partial charge in [0.05, 0.1) is 4.90 Å². The highest BCUT2D eigenvalue weighted by Gasteiger charge is 2.21. The van der Waals surface area contributed by atoms with Crippen molar-refractivity contribution >= 4 is 15.9 Å². The van der Waals surface area contributed by atoms with E-state index in [-0.39, 0.29) is 17.4 Å². The first-order valence-corrected chi connectivity index (χ1v) is 9.56. The molecule has 7 nitrogen and oxygen atoms in total. The summed E-state index contributed by atoms with van der Waals surface area (Å²) in [5.74, 6) is 0.145. The molecule has 1 heterocycles. The molecule has 0 spiro atoms. The maximum absolute atomic E-state index is 12.2. The fraction of sp³-hybridized carbons (Fsp3) is 0.333. The first-order chi connectivity index (χ1) is 12.2. The minimum absolute atomic E-state index is 0.141. The van der Waals surface area contributed by atoms with Gasteiger partial charge in [0.25, 0.3) is 5.91 Å². The molecule has 8 heteroatoms. The van der Waals surface area contributed by atoms with Crippen LogP contribution in [-0.4, -0.2) is 31.5 Å². The zero-order chi connectivity index (χ0) is 19.2. The van der Waals surface area contributed by atoms with Crippen LogP contribution in [0.15, 0.2) is 53.7 Å². The fourth-order valence-corrected chi connectivity index (χ4v) is 3.50. The van der Waals surface area contributed by atoms with Crippen LogP contribution in [0.25, 0.3) is 0 Å². The van der Waals surface area contributed by atoms with Gasteiger partial charge in [-0.25, -0.2) is 13.1 Å². The number of carbonyl (C=O) groups excluding carboxylic acids is 1. The van der Waals surface area contributed by atoms with Gasteiger partial charge in [-0.2, -0.15) is 0 Å². The van der Waals surface area contributed by atoms with E-state index in [2.05, 4.69) is 15.0 Å². The van der Waals surface area contributed by atoms with Crippen LogP contribution in [0, 0.1) is 0 Å². The van der Waals surface area contributed by atoms with Crippen LogP contribution in [0.1, 0.15) is 26.3 Å². The van der Waals surface area contributed by atoms with Crippen molar-refractivity contribution in [2.24, 2.45) is 0 Å². The van der Waals surface area contributed by atoms with Gasteiger partial charge in [0.2, 0.25) is 10.0 Å². The number of benzene rings is 1. The van der Waals surface area contributed by atoms with Crippen molar-refractivity contribution in [3.05, 3.63) is 54.4 Å². The molecule has 1 amide bonds. The Balaban J connectivity index is 1.86. The number of carbonyl (C=O) groups is 1. The molecule has 2 N–H and O–H groups in total. The van der Waals surface area contributed by atoms with Crippen LogP contribution >= 0.6 is 0 Å². The zero-order valence-corrected chi connectivity index (χ0v) is 15.8. The van der Waals surface area contributed by atoms with Crippen LogP contribution in [-0.2, 0) is 21.4 Å². The molecular formula is C18H23N3O4S. The lowest BCUT2D eigenvalue weighted by atomic mass is 10.1. The third-order valence-electron chi connectivity index (χ3n) is 3.18. The number of pyridine rings is 1. The molecule has 2 rings (SSSR count). The van der Waals surface area contributed by atoms with E-state index < -0.39 is 15.6 Å². The Hall–Kier alpha value is -2.45. The molecule has 0 aliphatic heterocycles. The van der Waals surface area contributed by atoms with E-state index in [0.717, 1.165) is 5.56 Å². The molecule has 1 aromatic heterocycles. The number of hydrogen-bond acceptors (Lipinski definition) is 5. The third kappa shape index (κ3) is 6.45. The number of rotatable bonds is 7.